The van der Waals surface area contributed by atoms with E-state index < -0.39 is 18.2 Å². The fourth-order valence-corrected chi connectivity index (χ4v) is 3.90. The van der Waals surface area contributed by atoms with Crippen molar-refractivity contribution in [3.05, 3.63) is 12.2 Å². The van der Waals surface area contributed by atoms with Gasteiger partial charge in [-0.1, -0.05) is 25.5 Å². The van der Waals surface area contributed by atoms with Crippen molar-refractivity contribution in [1.82, 2.24) is 15.7 Å². The molecule has 2 aliphatic rings. The number of likely N-dealkylation sites (N-methyl/N-ethyl adjacent to an activating group) is 1. The minimum absolute atomic E-state index is 0.0190. The summed E-state index contributed by atoms with van der Waals surface area (Å²) in [5, 5.41) is 2.92. The molecule has 0 aromatic heterocycles. The van der Waals surface area contributed by atoms with Gasteiger partial charge < -0.3 is 15.0 Å². The lowest BCUT2D eigenvalue weighted by molar-refractivity contribution is -0.200. The monoisotopic (exact) mass is 437 g/mol. The van der Waals surface area contributed by atoms with E-state index >= 15 is 0 Å². The smallest absolute Gasteiger partial charge is 0.244 e. The molecule has 0 aromatic rings. The first-order valence-corrected chi connectivity index (χ1v) is 11.8. The van der Waals surface area contributed by atoms with Gasteiger partial charge in [-0.05, 0) is 51.4 Å². The zero-order chi connectivity index (χ0) is 22.5. The molecule has 0 aromatic carbocycles. The highest BCUT2D eigenvalue weighted by Gasteiger charge is 2.28. The summed E-state index contributed by atoms with van der Waals surface area (Å²) in [6.07, 6.45) is 12.0. The molecule has 0 aliphatic carbocycles. The Labute approximate surface area is 186 Å². The van der Waals surface area contributed by atoms with Gasteiger partial charge in [-0.2, -0.15) is 0 Å². The summed E-state index contributed by atoms with van der Waals surface area (Å²) < 4.78 is 5.45. The lowest BCUT2D eigenvalue weighted by Gasteiger charge is -2.26. The van der Waals surface area contributed by atoms with Gasteiger partial charge in [0.2, 0.25) is 17.7 Å². The third kappa shape index (κ3) is 9.39. The third-order valence-corrected chi connectivity index (χ3v) is 5.77. The number of hydroxylamine groups is 1. The average Bonchev–Trinajstić information content (AvgIpc) is 2.77. The van der Waals surface area contributed by atoms with E-state index in [1.54, 1.807) is 11.9 Å². The summed E-state index contributed by atoms with van der Waals surface area (Å²) in [6.45, 7) is 3.28. The van der Waals surface area contributed by atoms with E-state index in [0.717, 1.165) is 51.4 Å². The Hall–Kier alpha value is -1.93. The second-order valence-electron chi connectivity index (χ2n) is 8.49. The van der Waals surface area contributed by atoms with E-state index in [9.17, 15) is 14.4 Å². The van der Waals surface area contributed by atoms with Crippen LogP contribution in [0.15, 0.2) is 12.2 Å². The van der Waals surface area contributed by atoms with Crippen molar-refractivity contribution in [2.45, 2.75) is 89.9 Å². The Morgan fingerprint density at radius 3 is 2.68 bits per heavy atom. The molecule has 2 rings (SSSR count). The second-order valence-corrected chi connectivity index (χ2v) is 8.49. The molecule has 1 fully saturated rings. The van der Waals surface area contributed by atoms with Gasteiger partial charge in [-0.25, -0.2) is 10.3 Å². The van der Waals surface area contributed by atoms with Crippen LogP contribution in [0.1, 0.15) is 77.6 Å². The van der Waals surface area contributed by atoms with Gasteiger partial charge in [0.25, 0.3) is 0 Å². The van der Waals surface area contributed by atoms with E-state index in [-0.39, 0.29) is 24.1 Å². The predicted molar refractivity (Wildman–Crippen MR) is 118 cm³/mol. The second kappa shape index (κ2) is 14.2. The zero-order valence-corrected chi connectivity index (χ0v) is 19.1. The number of carbonyl (C=O) groups is 3. The van der Waals surface area contributed by atoms with E-state index in [1.807, 2.05) is 6.92 Å². The predicted octanol–water partition coefficient (Wildman–Crippen LogP) is 2.83. The molecule has 31 heavy (non-hydrogen) atoms. The van der Waals surface area contributed by atoms with E-state index in [0.29, 0.717) is 26.0 Å². The summed E-state index contributed by atoms with van der Waals surface area (Å²) >= 11 is 0. The molecule has 2 N–H and O–H groups in total. The van der Waals surface area contributed by atoms with Gasteiger partial charge >= 0.3 is 0 Å². The van der Waals surface area contributed by atoms with Crippen molar-refractivity contribution in [1.29, 1.82) is 0 Å². The number of allylic oxidation sites excluding steroid dienone is 2. The highest BCUT2D eigenvalue weighted by Crippen LogP contribution is 2.17. The van der Waals surface area contributed by atoms with E-state index in [2.05, 4.69) is 22.9 Å². The van der Waals surface area contributed by atoms with Crippen LogP contribution in [0, 0.1) is 5.92 Å². The lowest BCUT2D eigenvalue weighted by atomic mass is 9.95. The molecule has 2 heterocycles. The summed E-state index contributed by atoms with van der Waals surface area (Å²) in [6, 6.07) is -0.557. The van der Waals surface area contributed by atoms with E-state index in [1.165, 1.54) is 0 Å². The molecule has 1 unspecified atom stereocenters. The molecule has 3 amide bonds. The highest BCUT2D eigenvalue weighted by atomic mass is 16.8. The molecule has 0 spiro atoms. The SMILES string of the molecule is CCC[C@@H]1NC(=O)[C@@H](CC(=O)NOC2CCCCO2)CCC/C=C/CCCN(C)C1=O. The Bertz CT molecular complexity index is 604. The van der Waals surface area contributed by atoms with Crippen molar-refractivity contribution in [3.8, 4) is 0 Å². The molecule has 176 valence electrons. The van der Waals surface area contributed by atoms with Gasteiger partial charge in [0.05, 0.1) is 0 Å². The van der Waals surface area contributed by atoms with Crippen LogP contribution in [0.2, 0.25) is 0 Å². The van der Waals surface area contributed by atoms with Crippen LogP contribution in [0.5, 0.6) is 0 Å². The maximum Gasteiger partial charge on any atom is 0.244 e. The van der Waals surface area contributed by atoms with Gasteiger partial charge in [-0.15, -0.1) is 0 Å². The third-order valence-electron chi connectivity index (χ3n) is 5.77. The standard InChI is InChI=1S/C23H39N3O5/c1-3-12-19-23(29)26(2)15-10-7-5-4-6-8-13-18(22(28)24-19)17-20(27)25-31-21-14-9-11-16-30-21/h4-5,18-19,21H,3,6-17H2,1-2H3,(H,24,28)(H,25,27)/b5-4+/t18-,19+,21?/m1/s1. The van der Waals surface area contributed by atoms with Crippen molar-refractivity contribution >= 4 is 17.7 Å². The summed E-state index contributed by atoms with van der Waals surface area (Å²) in [5.41, 5.74) is 2.44. The minimum atomic E-state index is -0.557. The fraction of sp³-hybridized carbons (Fsp3) is 0.783. The number of hydrogen-bond donors (Lipinski definition) is 2. The van der Waals surface area contributed by atoms with Crippen LogP contribution in [-0.4, -0.2) is 55.2 Å². The summed E-state index contributed by atoms with van der Waals surface area (Å²) in [4.78, 5) is 45.3. The summed E-state index contributed by atoms with van der Waals surface area (Å²) in [7, 11) is 1.78. The van der Waals surface area contributed by atoms with Crippen molar-refractivity contribution in [2.75, 3.05) is 20.2 Å². The number of nitrogens with zero attached hydrogens (tertiary/aromatic N) is 1. The molecule has 1 saturated heterocycles. The molecular weight excluding hydrogens is 398 g/mol. The largest absolute Gasteiger partial charge is 0.350 e. The zero-order valence-electron chi connectivity index (χ0n) is 19.1. The molecule has 2 aliphatic heterocycles. The molecule has 0 bridgehead atoms. The van der Waals surface area contributed by atoms with Crippen molar-refractivity contribution < 1.29 is 24.0 Å². The van der Waals surface area contributed by atoms with Gasteiger partial charge in [0.1, 0.15) is 6.04 Å². The lowest BCUT2D eigenvalue weighted by Crippen LogP contribution is -2.49. The Balaban J connectivity index is 1.99. The Morgan fingerprint density at radius 2 is 1.97 bits per heavy atom. The topological polar surface area (TPSA) is 97.0 Å². The van der Waals surface area contributed by atoms with Crippen LogP contribution in [0.4, 0.5) is 0 Å². The maximum atomic E-state index is 13.0. The number of nitrogens with one attached hydrogen (secondary N) is 2. The number of hydrogen-bond acceptors (Lipinski definition) is 5. The molecule has 8 nitrogen and oxygen atoms in total. The molecule has 3 atom stereocenters. The maximum absolute atomic E-state index is 13.0. The van der Waals surface area contributed by atoms with Gasteiger partial charge in [0, 0.05) is 39.0 Å². The summed E-state index contributed by atoms with van der Waals surface area (Å²) in [5.74, 6) is -1.17. The number of ether oxygens (including phenoxy) is 1. The minimum Gasteiger partial charge on any atom is -0.350 e. The van der Waals surface area contributed by atoms with Gasteiger partial charge in [0.15, 0.2) is 6.29 Å². The molecule has 0 saturated carbocycles. The molecular formula is C23H39N3O5. The first kappa shape index (κ1) is 25.3. The van der Waals surface area contributed by atoms with Crippen LogP contribution in [-0.2, 0) is 24.0 Å². The number of carbonyl (C=O) groups excluding carboxylic acids is 3. The van der Waals surface area contributed by atoms with Crippen LogP contribution in [0.3, 0.4) is 0 Å². The highest BCUT2D eigenvalue weighted by molar-refractivity contribution is 5.90. The fourth-order valence-electron chi connectivity index (χ4n) is 3.90. The average molecular weight is 438 g/mol. The Kier molecular flexibility index (Phi) is 11.6. The number of rotatable bonds is 6. The van der Waals surface area contributed by atoms with Gasteiger partial charge in [-0.3, -0.25) is 14.4 Å². The number of amides is 3. The van der Waals surface area contributed by atoms with Crippen molar-refractivity contribution in [2.24, 2.45) is 5.92 Å². The van der Waals surface area contributed by atoms with Crippen LogP contribution in [0.25, 0.3) is 0 Å². The van der Waals surface area contributed by atoms with Crippen LogP contribution >= 0.6 is 0 Å². The van der Waals surface area contributed by atoms with Crippen molar-refractivity contribution in [3.63, 3.8) is 0 Å². The normalized spacial score (nSPS) is 27.8. The quantitative estimate of drug-likeness (QED) is 0.492. The molecule has 8 heteroatoms. The Morgan fingerprint density at radius 1 is 1.19 bits per heavy atom. The van der Waals surface area contributed by atoms with E-state index in [4.69, 9.17) is 9.57 Å². The molecule has 0 radical (unpaired) electrons. The first-order chi connectivity index (χ1) is 15.0. The first-order valence-electron chi connectivity index (χ1n) is 11.8. The van der Waals surface area contributed by atoms with Crippen LogP contribution < -0.4 is 10.8 Å².